The van der Waals surface area contributed by atoms with Crippen LogP contribution in [0.15, 0.2) is 28.3 Å². The molecule has 0 unspecified atom stereocenters. The average molecular weight is 467 g/mol. The number of carbonyl (C=O) groups is 1. The van der Waals surface area contributed by atoms with Crippen LogP contribution in [0.2, 0.25) is 0 Å². The van der Waals surface area contributed by atoms with Crippen molar-refractivity contribution in [3.63, 3.8) is 0 Å². The van der Waals surface area contributed by atoms with Crippen LogP contribution < -0.4 is 10.1 Å². The van der Waals surface area contributed by atoms with Crippen LogP contribution in [0.1, 0.15) is 44.6 Å². The molecular formula is C19H26N6O4S2. The van der Waals surface area contributed by atoms with E-state index in [-0.39, 0.29) is 16.6 Å². The standard InChI is InChI=1S/C19H26N6O4S2/c1-29-17-9-8-15(31(27,28)24-10-4-2-3-5-11-24)12-16(17)20-18(26)13-30-19-21-22-23-25(19)14-6-7-14/h8-9,12,14H,2-7,10-11,13H2,1H3,(H,20,26). The molecule has 1 aromatic heterocycles. The number of nitrogens with one attached hydrogen (secondary N) is 1. The summed E-state index contributed by atoms with van der Waals surface area (Å²) in [5.41, 5.74) is 0.325. The fourth-order valence-electron chi connectivity index (χ4n) is 3.52. The Morgan fingerprint density at radius 3 is 2.65 bits per heavy atom. The van der Waals surface area contributed by atoms with Crippen LogP contribution in [0.3, 0.4) is 0 Å². The Bertz CT molecular complexity index is 1030. The fraction of sp³-hybridized carbons (Fsp3) is 0.579. The van der Waals surface area contributed by atoms with E-state index < -0.39 is 10.0 Å². The Morgan fingerprint density at radius 2 is 1.97 bits per heavy atom. The number of thioether (sulfide) groups is 1. The van der Waals surface area contributed by atoms with Crippen LogP contribution in [-0.4, -0.2) is 64.8 Å². The number of benzene rings is 1. The summed E-state index contributed by atoms with van der Waals surface area (Å²) in [5.74, 6) is 0.202. The molecule has 1 aliphatic carbocycles. The lowest BCUT2D eigenvalue weighted by atomic mass is 10.2. The molecule has 1 aliphatic heterocycles. The second-order valence-corrected chi connectivity index (χ2v) is 10.5. The molecule has 1 amide bonds. The predicted octanol–water partition coefficient (Wildman–Crippen LogP) is 2.31. The molecule has 2 aliphatic rings. The number of amides is 1. The van der Waals surface area contributed by atoms with Gasteiger partial charge in [-0.15, -0.1) is 5.10 Å². The fourth-order valence-corrected chi connectivity index (χ4v) is 5.81. The molecule has 0 atom stereocenters. The third-order valence-electron chi connectivity index (χ3n) is 5.34. The summed E-state index contributed by atoms with van der Waals surface area (Å²) in [6, 6.07) is 4.88. The summed E-state index contributed by atoms with van der Waals surface area (Å²) in [5, 5.41) is 15.0. The molecule has 12 heteroatoms. The van der Waals surface area contributed by atoms with Crippen molar-refractivity contribution in [3.8, 4) is 5.75 Å². The first-order valence-corrected chi connectivity index (χ1v) is 12.8. The van der Waals surface area contributed by atoms with Crippen LogP contribution >= 0.6 is 11.8 Å². The molecule has 1 N–H and O–H groups in total. The number of ether oxygens (including phenoxy) is 1. The van der Waals surface area contributed by atoms with Gasteiger partial charge in [-0.3, -0.25) is 4.79 Å². The van der Waals surface area contributed by atoms with Crippen LogP contribution in [0.25, 0.3) is 0 Å². The normalized spacial score (nSPS) is 17.8. The maximum absolute atomic E-state index is 13.1. The molecule has 1 aromatic carbocycles. The molecule has 31 heavy (non-hydrogen) atoms. The van der Waals surface area contributed by atoms with E-state index in [0.717, 1.165) is 38.5 Å². The summed E-state index contributed by atoms with van der Waals surface area (Å²) in [6.07, 6.45) is 5.88. The van der Waals surface area contributed by atoms with Gasteiger partial charge in [-0.25, -0.2) is 13.1 Å². The van der Waals surface area contributed by atoms with Crippen molar-refractivity contribution in [2.24, 2.45) is 0 Å². The molecule has 1 saturated heterocycles. The van der Waals surface area contributed by atoms with E-state index in [9.17, 15) is 13.2 Å². The zero-order valence-electron chi connectivity index (χ0n) is 17.4. The highest BCUT2D eigenvalue weighted by Gasteiger charge is 2.29. The number of tetrazole rings is 1. The highest BCUT2D eigenvalue weighted by molar-refractivity contribution is 7.99. The van der Waals surface area contributed by atoms with Crippen molar-refractivity contribution < 1.29 is 17.9 Å². The highest BCUT2D eigenvalue weighted by atomic mass is 32.2. The molecule has 2 aromatic rings. The number of rotatable bonds is 8. The summed E-state index contributed by atoms with van der Waals surface area (Å²) >= 11 is 1.25. The van der Waals surface area contributed by atoms with Gasteiger partial charge in [0, 0.05) is 13.1 Å². The summed E-state index contributed by atoms with van der Waals surface area (Å²) in [6.45, 7) is 1.03. The van der Waals surface area contributed by atoms with Gasteiger partial charge < -0.3 is 10.1 Å². The Kier molecular flexibility index (Phi) is 6.77. The molecule has 10 nitrogen and oxygen atoms in total. The number of hydrogen-bond donors (Lipinski definition) is 1. The largest absolute Gasteiger partial charge is 0.495 e. The van der Waals surface area contributed by atoms with Crippen LogP contribution in [-0.2, 0) is 14.8 Å². The molecule has 168 valence electrons. The van der Waals surface area contributed by atoms with Crippen molar-refractivity contribution in [2.75, 3.05) is 31.3 Å². The van der Waals surface area contributed by atoms with E-state index in [1.807, 2.05) is 0 Å². The Labute approximate surface area is 185 Å². The summed E-state index contributed by atoms with van der Waals surface area (Å²) in [4.78, 5) is 12.7. The monoisotopic (exact) mass is 466 g/mol. The van der Waals surface area contributed by atoms with Gasteiger partial charge in [0.1, 0.15) is 5.75 Å². The Balaban J connectivity index is 1.46. The van der Waals surface area contributed by atoms with Crippen LogP contribution in [0, 0.1) is 0 Å². The number of hydrogen-bond acceptors (Lipinski definition) is 8. The maximum Gasteiger partial charge on any atom is 0.243 e. The van der Waals surface area contributed by atoms with E-state index in [2.05, 4.69) is 20.8 Å². The number of nitrogens with zero attached hydrogens (tertiary/aromatic N) is 5. The summed E-state index contributed by atoms with van der Waals surface area (Å²) < 4.78 is 34.8. The lowest BCUT2D eigenvalue weighted by Gasteiger charge is -2.21. The first-order valence-electron chi connectivity index (χ1n) is 10.4. The van der Waals surface area contributed by atoms with Gasteiger partial charge in [0.15, 0.2) is 0 Å². The van der Waals surface area contributed by atoms with E-state index in [0.29, 0.717) is 35.7 Å². The van der Waals surface area contributed by atoms with Crippen LogP contribution in [0.4, 0.5) is 5.69 Å². The zero-order valence-corrected chi connectivity index (χ0v) is 19.0. The third kappa shape index (κ3) is 5.18. The van der Waals surface area contributed by atoms with Gasteiger partial charge >= 0.3 is 0 Å². The minimum absolute atomic E-state index is 0.0966. The topological polar surface area (TPSA) is 119 Å². The van der Waals surface area contributed by atoms with Crippen molar-refractivity contribution >= 4 is 33.4 Å². The molecule has 1 saturated carbocycles. The number of sulfonamides is 1. The van der Waals surface area contributed by atoms with E-state index in [1.165, 1.54) is 35.3 Å². The summed E-state index contributed by atoms with van der Waals surface area (Å²) in [7, 11) is -2.15. The minimum Gasteiger partial charge on any atom is -0.495 e. The van der Waals surface area contributed by atoms with Gasteiger partial charge in [0.05, 0.1) is 29.5 Å². The van der Waals surface area contributed by atoms with E-state index in [4.69, 9.17) is 4.74 Å². The van der Waals surface area contributed by atoms with Crippen molar-refractivity contribution in [1.82, 2.24) is 24.5 Å². The van der Waals surface area contributed by atoms with Crippen LogP contribution in [0.5, 0.6) is 5.75 Å². The number of methoxy groups -OCH3 is 1. The maximum atomic E-state index is 13.1. The zero-order chi connectivity index (χ0) is 21.8. The first kappa shape index (κ1) is 22.0. The van der Waals surface area contributed by atoms with Gasteiger partial charge in [0.25, 0.3) is 0 Å². The molecule has 0 bridgehead atoms. The molecule has 2 heterocycles. The van der Waals surface area contributed by atoms with Crippen molar-refractivity contribution in [2.45, 2.75) is 54.6 Å². The quantitative estimate of drug-likeness (QED) is 0.589. The molecule has 4 rings (SSSR count). The Morgan fingerprint density at radius 1 is 1.23 bits per heavy atom. The lowest BCUT2D eigenvalue weighted by Crippen LogP contribution is -2.32. The molecular weight excluding hydrogens is 440 g/mol. The molecule has 0 spiro atoms. The SMILES string of the molecule is COc1ccc(S(=O)(=O)N2CCCCCC2)cc1NC(=O)CSc1nnnn1C1CC1. The second-order valence-electron chi connectivity index (χ2n) is 7.65. The molecule has 2 fully saturated rings. The highest BCUT2D eigenvalue weighted by Crippen LogP contribution is 2.36. The van der Waals surface area contributed by atoms with E-state index in [1.54, 1.807) is 10.7 Å². The second kappa shape index (κ2) is 9.53. The smallest absolute Gasteiger partial charge is 0.243 e. The Hall–Kier alpha value is -2.18. The number of anilines is 1. The lowest BCUT2D eigenvalue weighted by molar-refractivity contribution is -0.113. The number of aromatic nitrogens is 4. The number of carbonyl (C=O) groups excluding carboxylic acids is 1. The van der Waals surface area contributed by atoms with Gasteiger partial charge in [0.2, 0.25) is 21.1 Å². The minimum atomic E-state index is -3.63. The first-order chi connectivity index (χ1) is 15.0. The van der Waals surface area contributed by atoms with Gasteiger partial charge in [-0.1, -0.05) is 24.6 Å². The van der Waals surface area contributed by atoms with Crippen molar-refractivity contribution in [1.29, 1.82) is 0 Å². The average Bonchev–Trinajstić information content (AvgIpc) is 3.55. The van der Waals surface area contributed by atoms with Gasteiger partial charge in [-0.05, 0) is 54.3 Å². The predicted molar refractivity (Wildman–Crippen MR) is 116 cm³/mol. The van der Waals surface area contributed by atoms with Gasteiger partial charge in [-0.2, -0.15) is 4.31 Å². The molecule has 0 radical (unpaired) electrons. The third-order valence-corrected chi connectivity index (χ3v) is 8.16. The van der Waals surface area contributed by atoms with Crippen molar-refractivity contribution in [3.05, 3.63) is 18.2 Å². The van der Waals surface area contributed by atoms with E-state index >= 15 is 0 Å².